The number of nitrogens with two attached hydrogens (primary N) is 1. The van der Waals surface area contributed by atoms with Crippen LogP contribution in [0.5, 0.6) is 5.75 Å². The molecule has 208 valence electrons. The van der Waals surface area contributed by atoms with Gasteiger partial charge in [0.1, 0.15) is 11.6 Å². The van der Waals surface area contributed by atoms with E-state index in [0.29, 0.717) is 18.1 Å². The Bertz CT molecular complexity index is 1590. The number of anilines is 1. The summed E-state index contributed by atoms with van der Waals surface area (Å²) in [5.74, 6) is -2.40. The number of hydrogen-bond donors (Lipinski definition) is 3. The normalized spacial score (nSPS) is 11.5. The van der Waals surface area contributed by atoms with Crippen molar-refractivity contribution in [3.63, 3.8) is 0 Å². The van der Waals surface area contributed by atoms with E-state index in [4.69, 9.17) is 10.8 Å². The Morgan fingerprint density at radius 2 is 1.87 bits per heavy atom. The van der Waals surface area contributed by atoms with E-state index in [2.05, 4.69) is 22.0 Å². The lowest BCUT2D eigenvalue weighted by Crippen LogP contribution is -2.22. The molecule has 4 aromatic rings. The van der Waals surface area contributed by atoms with Crippen LogP contribution in [0.2, 0.25) is 0 Å². The lowest BCUT2D eigenvalue weighted by molar-refractivity contribution is -0.140. The number of nitrogen functional groups attached to an aromatic ring is 1. The SMILES string of the molecule is CCCCCn1ccc2cc(-c3ncc(C(F)F)c(N)n3)c(F)cc2c1=O.O=c1[nH]ncc(O)c1C(F)(F)F. The van der Waals surface area contributed by atoms with Crippen LogP contribution in [-0.4, -0.2) is 29.8 Å². The van der Waals surface area contributed by atoms with Crippen molar-refractivity contribution in [2.24, 2.45) is 0 Å². The van der Waals surface area contributed by atoms with Gasteiger partial charge in [0.25, 0.3) is 17.5 Å². The average Bonchev–Trinajstić information content (AvgIpc) is 2.85. The minimum absolute atomic E-state index is 0.00171. The van der Waals surface area contributed by atoms with Gasteiger partial charge >= 0.3 is 6.18 Å². The Morgan fingerprint density at radius 3 is 2.44 bits per heavy atom. The van der Waals surface area contributed by atoms with Crippen LogP contribution < -0.4 is 16.9 Å². The predicted molar refractivity (Wildman–Crippen MR) is 130 cm³/mol. The van der Waals surface area contributed by atoms with Crippen LogP contribution in [0.1, 0.15) is 43.7 Å². The first-order chi connectivity index (χ1) is 18.3. The summed E-state index contributed by atoms with van der Waals surface area (Å²) in [4.78, 5) is 30.6. The summed E-state index contributed by atoms with van der Waals surface area (Å²) in [5.41, 5.74) is 1.65. The van der Waals surface area contributed by atoms with Crippen molar-refractivity contribution >= 4 is 16.6 Å². The standard InChI is InChI=1S/C19H19F3N4O.C5H3F3N2O2/c1-2-3-4-6-26-7-5-11-8-13(15(20)9-12(11)19(26)27)18-24-10-14(16(21)22)17(23)25-18;6-5(7,8)3-2(11)1-9-10-4(3)12/h5,7-10,16H,2-4,6H2,1H3,(H2,23,24,25);1H,(H2,10,11,12). The van der Waals surface area contributed by atoms with Crippen molar-refractivity contribution < 1.29 is 31.4 Å². The van der Waals surface area contributed by atoms with Crippen molar-refractivity contribution in [1.29, 1.82) is 0 Å². The molecule has 1 aromatic carbocycles. The molecule has 0 aliphatic heterocycles. The van der Waals surface area contributed by atoms with Gasteiger partial charge in [-0.25, -0.2) is 28.2 Å². The second-order valence-electron chi connectivity index (χ2n) is 8.23. The first-order valence-electron chi connectivity index (χ1n) is 11.4. The molecule has 0 bridgehead atoms. The molecular formula is C24H22F6N6O3. The molecular weight excluding hydrogens is 534 g/mol. The smallest absolute Gasteiger partial charge is 0.425 e. The van der Waals surface area contributed by atoms with Gasteiger partial charge in [-0.1, -0.05) is 19.8 Å². The van der Waals surface area contributed by atoms with E-state index in [1.165, 1.54) is 6.07 Å². The Hall–Kier alpha value is -4.43. The summed E-state index contributed by atoms with van der Waals surface area (Å²) in [7, 11) is 0. The summed E-state index contributed by atoms with van der Waals surface area (Å²) in [6.07, 6.45) is -1.70. The highest BCUT2D eigenvalue weighted by Crippen LogP contribution is 2.31. The van der Waals surface area contributed by atoms with Gasteiger partial charge in [-0.3, -0.25) is 9.59 Å². The number of unbranched alkanes of at least 4 members (excludes halogenated alkanes) is 2. The molecule has 9 nitrogen and oxygen atoms in total. The monoisotopic (exact) mass is 556 g/mol. The van der Waals surface area contributed by atoms with Crippen LogP contribution >= 0.6 is 0 Å². The Kier molecular flexibility index (Phi) is 8.93. The van der Waals surface area contributed by atoms with E-state index in [9.17, 15) is 35.9 Å². The largest absolute Gasteiger partial charge is 0.505 e. The third kappa shape index (κ3) is 6.72. The molecule has 0 spiro atoms. The maximum absolute atomic E-state index is 14.6. The van der Waals surface area contributed by atoms with E-state index >= 15 is 0 Å². The molecule has 0 radical (unpaired) electrons. The number of alkyl halides is 5. The molecule has 0 atom stereocenters. The summed E-state index contributed by atoms with van der Waals surface area (Å²) in [5, 5.41) is 13.9. The van der Waals surface area contributed by atoms with Gasteiger partial charge in [0.15, 0.2) is 17.1 Å². The van der Waals surface area contributed by atoms with E-state index < -0.39 is 46.7 Å². The van der Waals surface area contributed by atoms with E-state index in [1.807, 2.05) is 0 Å². The first-order valence-corrected chi connectivity index (χ1v) is 11.4. The summed E-state index contributed by atoms with van der Waals surface area (Å²) in [6.45, 7) is 2.64. The highest BCUT2D eigenvalue weighted by Gasteiger charge is 2.37. The van der Waals surface area contributed by atoms with Crippen LogP contribution in [0.15, 0.2) is 46.4 Å². The zero-order valence-corrected chi connectivity index (χ0v) is 20.3. The number of aromatic amines is 1. The third-order valence-electron chi connectivity index (χ3n) is 5.51. The molecule has 4 rings (SSSR count). The predicted octanol–water partition coefficient (Wildman–Crippen LogP) is 4.80. The molecule has 3 aromatic heterocycles. The number of hydrogen-bond acceptors (Lipinski definition) is 7. The fraction of sp³-hybridized carbons (Fsp3) is 0.292. The van der Waals surface area contributed by atoms with Gasteiger partial charge in [-0.2, -0.15) is 18.3 Å². The lowest BCUT2D eigenvalue weighted by Gasteiger charge is -2.10. The van der Waals surface area contributed by atoms with E-state index in [0.717, 1.165) is 31.5 Å². The number of rotatable bonds is 6. The summed E-state index contributed by atoms with van der Waals surface area (Å²) in [6, 6.07) is 4.27. The van der Waals surface area contributed by atoms with E-state index in [-0.39, 0.29) is 22.3 Å². The molecule has 0 saturated carbocycles. The molecule has 0 fully saturated rings. The number of nitrogens with one attached hydrogen (secondary N) is 1. The van der Waals surface area contributed by atoms with Crippen LogP contribution in [0.3, 0.4) is 0 Å². The topological polar surface area (TPSA) is 140 Å². The molecule has 4 N–H and O–H groups in total. The maximum Gasteiger partial charge on any atom is 0.425 e. The highest BCUT2D eigenvalue weighted by atomic mass is 19.4. The molecule has 3 heterocycles. The average molecular weight is 556 g/mol. The molecule has 15 heteroatoms. The van der Waals surface area contributed by atoms with Crippen molar-refractivity contribution in [3.8, 4) is 17.1 Å². The zero-order chi connectivity index (χ0) is 28.9. The lowest BCUT2D eigenvalue weighted by atomic mass is 10.1. The van der Waals surface area contributed by atoms with Gasteiger partial charge in [0, 0.05) is 18.9 Å². The van der Waals surface area contributed by atoms with Crippen LogP contribution in [0.4, 0.5) is 32.2 Å². The Balaban J connectivity index is 0.000000293. The molecule has 0 unspecified atom stereocenters. The van der Waals surface area contributed by atoms with Crippen molar-refractivity contribution in [1.82, 2.24) is 24.7 Å². The number of pyridine rings is 1. The van der Waals surface area contributed by atoms with Gasteiger partial charge in [0.2, 0.25) is 0 Å². The maximum atomic E-state index is 14.6. The van der Waals surface area contributed by atoms with Gasteiger partial charge in [0.05, 0.1) is 22.7 Å². The second kappa shape index (κ2) is 12.0. The van der Waals surface area contributed by atoms with Crippen LogP contribution in [0, 0.1) is 5.82 Å². The number of nitrogens with zero attached hydrogens (tertiary/aromatic N) is 4. The minimum atomic E-state index is -4.86. The molecule has 0 aliphatic carbocycles. The molecule has 0 aliphatic rings. The number of fused-ring (bicyclic) bond motifs is 1. The van der Waals surface area contributed by atoms with Crippen molar-refractivity contribution in [2.45, 2.75) is 45.3 Å². The Labute approximate surface area is 216 Å². The molecule has 39 heavy (non-hydrogen) atoms. The summed E-state index contributed by atoms with van der Waals surface area (Å²) < 4.78 is 77.4. The Morgan fingerprint density at radius 1 is 1.15 bits per heavy atom. The number of aryl methyl sites for hydroxylation is 1. The van der Waals surface area contributed by atoms with Crippen molar-refractivity contribution in [3.05, 3.63) is 74.4 Å². The molecule has 0 amide bonds. The fourth-order valence-corrected chi connectivity index (χ4v) is 3.55. The quantitative estimate of drug-likeness (QED) is 0.229. The van der Waals surface area contributed by atoms with Gasteiger partial charge in [-0.15, -0.1) is 0 Å². The van der Waals surface area contributed by atoms with Crippen molar-refractivity contribution in [2.75, 3.05) is 5.73 Å². The van der Waals surface area contributed by atoms with E-state index in [1.54, 1.807) is 21.9 Å². The van der Waals surface area contributed by atoms with Gasteiger partial charge < -0.3 is 15.4 Å². The second-order valence-corrected chi connectivity index (χ2v) is 8.23. The van der Waals surface area contributed by atoms with Gasteiger partial charge in [-0.05, 0) is 30.0 Å². The summed E-state index contributed by atoms with van der Waals surface area (Å²) >= 11 is 0. The zero-order valence-electron chi connectivity index (χ0n) is 20.3. The number of aromatic hydroxyl groups is 1. The third-order valence-corrected chi connectivity index (χ3v) is 5.51. The first kappa shape index (κ1) is 29.1. The minimum Gasteiger partial charge on any atom is -0.505 e. The number of benzene rings is 1. The number of H-pyrrole nitrogens is 1. The number of aromatic nitrogens is 5. The fourth-order valence-electron chi connectivity index (χ4n) is 3.55. The molecule has 0 saturated heterocycles. The van der Waals surface area contributed by atoms with Crippen LogP contribution in [-0.2, 0) is 12.7 Å². The highest BCUT2D eigenvalue weighted by molar-refractivity contribution is 5.86. The van der Waals surface area contributed by atoms with Crippen LogP contribution in [0.25, 0.3) is 22.2 Å². The number of halogens is 6.